The molecule has 2 N–H and O–H groups in total. The molecule has 1 aromatic carbocycles. The molecule has 0 spiro atoms. The van der Waals surface area contributed by atoms with E-state index in [1.54, 1.807) is 18.5 Å². The molecule has 0 unspecified atom stereocenters. The van der Waals surface area contributed by atoms with Gasteiger partial charge in [-0.05, 0) is 25.0 Å². The molecule has 3 aromatic heterocycles. The van der Waals surface area contributed by atoms with Crippen LogP contribution < -0.4 is 10.2 Å². The SMILES string of the molecule is Cc1cn2cc(-c3ccc(-c4cnc(N5CCN[C@@H](C(C)C)C5)nn4)c(O)c3)ncc2n1.Cl.Cl. The van der Waals surface area contributed by atoms with Crippen molar-refractivity contribution in [2.75, 3.05) is 24.5 Å². The summed E-state index contributed by atoms with van der Waals surface area (Å²) in [6.45, 7) is 8.96. The Balaban J connectivity index is 0.00000162. The van der Waals surface area contributed by atoms with Crippen molar-refractivity contribution in [3.63, 3.8) is 0 Å². The zero-order valence-electron chi connectivity index (χ0n) is 19.2. The van der Waals surface area contributed by atoms with Crippen molar-refractivity contribution < 1.29 is 5.11 Å². The minimum atomic E-state index is 0. The number of phenolic OH excluding ortho intramolecular Hbond substituents is 1. The van der Waals surface area contributed by atoms with Gasteiger partial charge in [-0.3, -0.25) is 4.98 Å². The molecule has 0 saturated carbocycles. The topological polar surface area (TPSA) is 104 Å². The Morgan fingerprint density at radius 3 is 2.59 bits per heavy atom. The van der Waals surface area contributed by atoms with E-state index in [0.29, 0.717) is 29.2 Å². The number of nitrogens with one attached hydrogen (secondary N) is 1. The zero-order valence-corrected chi connectivity index (χ0v) is 20.8. The summed E-state index contributed by atoms with van der Waals surface area (Å²) >= 11 is 0. The van der Waals surface area contributed by atoms with Crippen LogP contribution in [0, 0.1) is 12.8 Å². The molecule has 1 fully saturated rings. The number of anilines is 1. The third kappa shape index (κ3) is 5.06. The second-order valence-electron chi connectivity index (χ2n) is 8.55. The van der Waals surface area contributed by atoms with Crippen LogP contribution in [-0.2, 0) is 0 Å². The standard InChI is InChI=1S/C23H26N8O.2ClH/c1-14(2)19-12-30(7-6-24-19)23-26-9-18(28-29-23)17-5-4-16(8-21(17)32)20-13-31-11-15(3)27-22(31)10-25-20;;/h4-5,8-11,13-14,19,24,32H,6-7,12H2,1-3H3;2*1H/t19-;;/m1../s1. The van der Waals surface area contributed by atoms with Crippen LogP contribution in [0.15, 0.2) is 43.0 Å². The van der Waals surface area contributed by atoms with E-state index in [1.807, 2.05) is 35.9 Å². The van der Waals surface area contributed by atoms with Gasteiger partial charge in [-0.25, -0.2) is 9.97 Å². The van der Waals surface area contributed by atoms with Crippen molar-refractivity contribution >= 4 is 36.4 Å². The van der Waals surface area contributed by atoms with Crippen molar-refractivity contribution in [1.29, 1.82) is 0 Å². The third-order valence-electron chi connectivity index (χ3n) is 5.87. The van der Waals surface area contributed by atoms with E-state index in [4.69, 9.17) is 0 Å². The summed E-state index contributed by atoms with van der Waals surface area (Å²) in [7, 11) is 0. The largest absolute Gasteiger partial charge is 0.507 e. The van der Waals surface area contributed by atoms with Gasteiger partial charge < -0.3 is 19.7 Å². The van der Waals surface area contributed by atoms with Crippen molar-refractivity contribution in [1.82, 2.24) is 34.9 Å². The van der Waals surface area contributed by atoms with Gasteiger partial charge in [-0.15, -0.1) is 35.0 Å². The Bertz CT molecular complexity index is 1260. The average molecular weight is 503 g/mol. The van der Waals surface area contributed by atoms with Gasteiger partial charge in [0, 0.05) is 49.2 Å². The Morgan fingerprint density at radius 1 is 1.06 bits per heavy atom. The lowest BCUT2D eigenvalue weighted by molar-refractivity contribution is 0.365. The van der Waals surface area contributed by atoms with Crippen molar-refractivity contribution in [3.05, 3.63) is 48.7 Å². The maximum atomic E-state index is 10.7. The summed E-state index contributed by atoms with van der Waals surface area (Å²) < 4.78 is 1.93. The molecule has 34 heavy (non-hydrogen) atoms. The summed E-state index contributed by atoms with van der Waals surface area (Å²) in [5.74, 6) is 1.26. The highest BCUT2D eigenvalue weighted by atomic mass is 35.5. The molecule has 180 valence electrons. The minimum absolute atomic E-state index is 0. The quantitative estimate of drug-likeness (QED) is 0.436. The third-order valence-corrected chi connectivity index (χ3v) is 5.87. The van der Waals surface area contributed by atoms with Gasteiger partial charge in [-0.2, -0.15) is 0 Å². The normalized spacial score (nSPS) is 15.8. The predicted molar refractivity (Wildman–Crippen MR) is 137 cm³/mol. The first-order valence-electron chi connectivity index (χ1n) is 10.8. The van der Waals surface area contributed by atoms with E-state index in [0.717, 1.165) is 42.2 Å². The summed E-state index contributed by atoms with van der Waals surface area (Å²) in [5.41, 5.74) is 4.38. The molecule has 9 nitrogen and oxygen atoms in total. The molecule has 1 aliphatic heterocycles. The van der Waals surface area contributed by atoms with E-state index in [-0.39, 0.29) is 30.6 Å². The lowest BCUT2D eigenvalue weighted by atomic mass is 10.0. The lowest BCUT2D eigenvalue weighted by Gasteiger charge is -2.35. The highest BCUT2D eigenvalue weighted by Gasteiger charge is 2.23. The smallest absolute Gasteiger partial charge is 0.245 e. The lowest BCUT2D eigenvalue weighted by Crippen LogP contribution is -2.53. The number of imidazole rings is 1. The number of aryl methyl sites for hydroxylation is 1. The van der Waals surface area contributed by atoms with Crippen LogP contribution in [0.4, 0.5) is 5.95 Å². The second kappa shape index (κ2) is 10.5. The number of phenols is 1. The van der Waals surface area contributed by atoms with E-state index < -0.39 is 0 Å². The van der Waals surface area contributed by atoms with E-state index in [2.05, 4.69) is 49.2 Å². The van der Waals surface area contributed by atoms with Crippen LogP contribution in [0.3, 0.4) is 0 Å². The zero-order chi connectivity index (χ0) is 22.2. The van der Waals surface area contributed by atoms with Crippen molar-refractivity contribution in [2.45, 2.75) is 26.8 Å². The number of halogens is 2. The predicted octanol–water partition coefficient (Wildman–Crippen LogP) is 3.54. The van der Waals surface area contributed by atoms with Crippen LogP contribution in [0.1, 0.15) is 19.5 Å². The molecule has 4 aromatic rings. The maximum Gasteiger partial charge on any atom is 0.245 e. The minimum Gasteiger partial charge on any atom is -0.507 e. The Hall–Kier alpha value is -3.01. The average Bonchev–Trinajstić information content (AvgIpc) is 3.18. The van der Waals surface area contributed by atoms with Gasteiger partial charge in [0.05, 0.1) is 23.8 Å². The van der Waals surface area contributed by atoms with E-state index >= 15 is 0 Å². The van der Waals surface area contributed by atoms with Crippen molar-refractivity contribution in [3.8, 4) is 28.3 Å². The fraction of sp³-hybridized carbons (Fsp3) is 0.348. The molecule has 11 heteroatoms. The van der Waals surface area contributed by atoms with Gasteiger partial charge in [0.15, 0.2) is 5.65 Å². The van der Waals surface area contributed by atoms with Crippen molar-refractivity contribution in [2.24, 2.45) is 5.92 Å². The van der Waals surface area contributed by atoms with Crippen LogP contribution in [0.25, 0.3) is 28.2 Å². The molecule has 5 rings (SSSR count). The van der Waals surface area contributed by atoms with Crippen LogP contribution >= 0.6 is 24.8 Å². The number of piperazine rings is 1. The number of fused-ring (bicyclic) bond motifs is 1. The monoisotopic (exact) mass is 502 g/mol. The van der Waals surface area contributed by atoms with E-state index in [9.17, 15) is 5.11 Å². The second-order valence-corrected chi connectivity index (χ2v) is 8.55. The van der Waals surface area contributed by atoms with Gasteiger partial charge in [0.1, 0.15) is 11.4 Å². The first kappa shape index (κ1) is 25.6. The molecule has 0 radical (unpaired) electrons. The molecule has 1 saturated heterocycles. The maximum absolute atomic E-state index is 10.7. The number of hydrogen-bond acceptors (Lipinski definition) is 8. The molecule has 0 bridgehead atoms. The molecule has 0 aliphatic carbocycles. The van der Waals surface area contributed by atoms with Gasteiger partial charge in [0.25, 0.3) is 0 Å². The fourth-order valence-corrected chi connectivity index (χ4v) is 4.03. The highest BCUT2D eigenvalue weighted by molar-refractivity contribution is 5.85. The molecular formula is C23H28Cl2N8O. The number of rotatable bonds is 4. The number of aromatic nitrogens is 6. The molecular weight excluding hydrogens is 475 g/mol. The van der Waals surface area contributed by atoms with Crippen LogP contribution in [0.2, 0.25) is 0 Å². The first-order valence-corrected chi connectivity index (χ1v) is 10.8. The summed E-state index contributed by atoms with van der Waals surface area (Å²) in [6, 6.07) is 5.82. The number of benzene rings is 1. The van der Waals surface area contributed by atoms with Gasteiger partial charge in [-0.1, -0.05) is 19.9 Å². The van der Waals surface area contributed by atoms with Gasteiger partial charge >= 0.3 is 0 Å². The summed E-state index contributed by atoms with van der Waals surface area (Å²) in [5, 5.41) is 22.9. The Morgan fingerprint density at radius 2 is 1.88 bits per heavy atom. The molecule has 1 atom stereocenters. The summed E-state index contributed by atoms with van der Waals surface area (Å²) in [6.07, 6.45) is 7.24. The first-order chi connectivity index (χ1) is 15.5. The number of hydrogen-bond donors (Lipinski definition) is 2. The van der Waals surface area contributed by atoms with Crippen LogP contribution in [-0.4, -0.2) is 60.3 Å². The van der Waals surface area contributed by atoms with E-state index in [1.165, 1.54) is 0 Å². The molecule has 1 aliphatic rings. The van der Waals surface area contributed by atoms with Gasteiger partial charge in [0.2, 0.25) is 5.95 Å². The fourth-order valence-electron chi connectivity index (χ4n) is 4.03. The number of nitrogens with zero attached hydrogens (tertiary/aromatic N) is 7. The highest BCUT2D eigenvalue weighted by Crippen LogP contribution is 2.31. The summed E-state index contributed by atoms with van der Waals surface area (Å²) in [4.78, 5) is 15.5. The Kier molecular flexibility index (Phi) is 7.91. The van der Waals surface area contributed by atoms with Crippen LogP contribution in [0.5, 0.6) is 5.75 Å². The molecule has 0 amide bonds. The Labute approximate surface area is 210 Å². The number of aromatic hydroxyl groups is 1. The molecule has 4 heterocycles.